The number of nitrogens with zero attached hydrogens (tertiary/aromatic N) is 1. The molecule has 0 fully saturated rings. The van der Waals surface area contributed by atoms with Gasteiger partial charge in [-0.15, -0.1) is 0 Å². The normalized spacial score (nSPS) is 21.1. The van der Waals surface area contributed by atoms with Crippen LogP contribution in [0.5, 0.6) is 0 Å². The van der Waals surface area contributed by atoms with Crippen molar-refractivity contribution in [3.63, 3.8) is 0 Å². The molecule has 1 heterocycles. The van der Waals surface area contributed by atoms with Crippen LogP contribution in [0.15, 0.2) is 18.3 Å². The van der Waals surface area contributed by atoms with Gasteiger partial charge in [-0.25, -0.2) is 0 Å². The highest BCUT2D eigenvalue weighted by Crippen LogP contribution is 2.28. The van der Waals surface area contributed by atoms with Crippen LogP contribution in [-0.2, 0) is 0 Å². The van der Waals surface area contributed by atoms with E-state index in [2.05, 4.69) is 22.5 Å². The summed E-state index contributed by atoms with van der Waals surface area (Å²) in [4.78, 5) is 15.5. The summed E-state index contributed by atoms with van der Waals surface area (Å²) in [7, 11) is 0. The third-order valence-electron chi connectivity index (χ3n) is 2.01. The fraction of sp³-hybridized carbons (Fsp3) is 0.250. The van der Waals surface area contributed by atoms with Crippen LogP contribution in [0, 0.1) is 0 Å². The number of carbonyl (C=O) groups is 1. The van der Waals surface area contributed by atoms with Gasteiger partial charge in [-0.3, -0.25) is 14.5 Å². The number of Topliss-reactive ketones (excluding diaryl/α,β-unsaturated/α-hetero) is 1. The Kier molecular flexibility index (Phi) is 1.86. The molecule has 0 saturated carbocycles. The molecule has 0 aromatic carbocycles. The lowest BCUT2D eigenvalue weighted by molar-refractivity contribution is 0.0988. The van der Waals surface area contributed by atoms with Crippen LogP contribution < -0.4 is 4.72 Å². The topological polar surface area (TPSA) is 42.0 Å². The molecule has 1 aromatic heterocycles. The zero-order chi connectivity index (χ0) is 8.55. The summed E-state index contributed by atoms with van der Waals surface area (Å²) in [6.07, 6.45) is 2.16. The van der Waals surface area contributed by atoms with E-state index in [0.29, 0.717) is 6.42 Å². The highest BCUT2D eigenvalue weighted by molar-refractivity contribution is 7.78. The van der Waals surface area contributed by atoms with Gasteiger partial charge in [0.15, 0.2) is 5.78 Å². The standard InChI is InChI=1S/C8H8N2OS/c11-7-4-6(10-12)8-5(7)2-1-3-9-8/h1-3,6,10,12H,4H2. The molecule has 0 amide bonds. The van der Waals surface area contributed by atoms with E-state index in [9.17, 15) is 4.79 Å². The van der Waals surface area contributed by atoms with Gasteiger partial charge in [-0.05, 0) is 12.1 Å². The summed E-state index contributed by atoms with van der Waals surface area (Å²) in [6, 6.07) is 3.56. The number of thiol groups is 1. The van der Waals surface area contributed by atoms with Crippen molar-refractivity contribution in [3.05, 3.63) is 29.6 Å². The van der Waals surface area contributed by atoms with Crippen LogP contribution in [0.3, 0.4) is 0 Å². The molecule has 1 N–H and O–H groups in total. The number of ketones is 1. The molecule has 0 aliphatic heterocycles. The van der Waals surface area contributed by atoms with Gasteiger partial charge in [0.25, 0.3) is 0 Å². The summed E-state index contributed by atoms with van der Waals surface area (Å²) in [5, 5.41) is 0. The summed E-state index contributed by atoms with van der Waals surface area (Å²) in [6.45, 7) is 0. The summed E-state index contributed by atoms with van der Waals surface area (Å²) >= 11 is 3.94. The van der Waals surface area contributed by atoms with E-state index < -0.39 is 0 Å². The van der Waals surface area contributed by atoms with Gasteiger partial charge in [0.2, 0.25) is 0 Å². The Morgan fingerprint density at radius 2 is 2.50 bits per heavy atom. The predicted molar refractivity (Wildman–Crippen MR) is 48.0 cm³/mol. The number of aromatic nitrogens is 1. The minimum Gasteiger partial charge on any atom is -0.294 e. The predicted octanol–water partition coefficient (Wildman–Crippen LogP) is 1.14. The minimum absolute atomic E-state index is 0.0166. The first kappa shape index (κ1) is 7.76. The molecule has 0 radical (unpaired) electrons. The van der Waals surface area contributed by atoms with E-state index in [-0.39, 0.29) is 11.8 Å². The zero-order valence-electron chi connectivity index (χ0n) is 6.32. The maximum Gasteiger partial charge on any atom is 0.166 e. The quantitative estimate of drug-likeness (QED) is 0.637. The minimum atomic E-state index is -0.0166. The number of rotatable bonds is 1. The third-order valence-corrected chi connectivity index (χ3v) is 2.33. The zero-order valence-corrected chi connectivity index (χ0v) is 7.21. The maximum atomic E-state index is 11.3. The van der Waals surface area contributed by atoms with E-state index in [4.69, 9.17) is 0 Å². The van der Waals surface area contributed by atoms with E-state index in [0.717, 1.165) is 11.3 Å². The van der Waals surface area contributed by atoms with E-state index in [1.165, 1.54) is 0 Å². The molecular weight excluding hydrogens is 172 g/mol. The third kappa shape index (κ3) is 1.04. The Hall–Kier alpha value is -0.870. The Bertz CT molecular complexity index is 327. The van der Waals surface area contributed by atoms with Gasteiger partial charge in [0, 0.05) is 18.2 Å². The van der Waals surface area contributed by atoms with E-state index >= 15 is 0 Å². The number of carbonyl (C=O) groups excluding carboxylic acids is 1. The second-order valence-corrected chi connectivity index (χ2v) is 3.00. The lowest BCUT2D eigenvalue weighted by Gasteiger charge is -2.04. The first-order valence-corrected chi connectivity index (χ1v) is 4.15. The van der Waals surface area contributed by atoms with Gasteiger partial charge < -0.3 is 0 Å². The number of nitrogens with one attached hydrogen (secondary N) is 1. The summed E-state index contributed by atoms with van der Waals surface area (Å²) in [5.74, 6) is 0.143. The molecule has 0 spiro atoms. The van der Waals surface area contributed by atoms with Crippen molar-refractivity contribution in [1.29, 1.82) is 0 Å². The molecule has 0 bridgehead atoms. The second kappa shape index (κ2) is 2.88. The van der Waals surface area contributed by atoms with E-state index in [1.807, 2.05) is 0 Å². The maximum absolute atomic E-state index is 11.3. The molecule has 62 valence electrons. The molecule has 12 heavy (non-hydrogen) atoms. The average Bonchev–Trinajstić information content (AvgIpc) is 2.44. The molecular formula is C8H8N2OS. The van der Waals surface area contributed by atoms with Crippen molar-refractivity contribution in [2.45, 2.75) is 12.5 Å². The van der Waals surface area contributed by atoms with Crippen molar-refractivity contribution in [1.82, 2.24) is 9.71 Å². The molecule has 1 atom stereocenters. The Morgan fingerprint density at radius 1 is 1.67 bits per heavy atom. The molecule has 2 rings (SSSR count). The fourth-order valence-corrected chi connectivity index (χ4v) is 1.64. The monoisotopic (exact) mass is 180 g/mol. The molecule has 1 unspecified atom stereocenters. The molecule has 0 saturated heterocycles. The van der Waals surface area contributed by atoms with Gasteiger partial charge in [0.1, 0.15) is 0 Å². The summed E-state index contributed by atoms with van der Waals surface area (Å²) < 4.78 is 2.76. The molecule has 4 heteroatoms. The highest BCUT2D eigenvalue weighted by Gasteiger charge is 2.29. The highest BCUT2D eigenvalue weighted by atomic mass is 32.1. The van der Waals surface area contributed by atoms with Gasteiger partial charge in [-0.1, -0.05) is 12.8 Å². The van der Waals surface area contributed by atoms with Crippen LogP contribution in [0.1, 0.15) is 28.5 Å². The van der Waals surface area contributed by atoms with Crippen LogP contribution in [-0.4, -0.2) is 10.8 Å². The smallest absolute Gasteiger partial charge is 0.166 e. The summed E-state index contributed by atoms with van der Waals surface area (Å²) in [5.41, 5.74) is 1.54. The van der Waals surface area contributed by atoms with Crippen LogP contribution in [0.25, 0.3) is 0 Å². The fourth-order valence-electron chi connectivity index (χ4n) is 1.43. The first-order valence-electron chi connectivity index (χ1n) is 3.70. The van der Waals surface area contributed by atoms with Crippen molar-refractivity contribution in [2.75, 3.05) is 0 Å². The van der Waals surface area contributed by atoms with Crippen molar-refractivity contribution < 1.29 is 4.79 Å². The van der Waals surface area contributed by atoms with Crippen molar-refractivity contribution in [3.8, 4) is 0 Å². The molecule has 1 aromatic rings. The van der Waals surface area contributed by atoms with Crippen LogP contribution in [0.2, 0.25) is 0 Å². The van der Waals surface area contributed by atoms with Crippen LogP contribution >= 0.6 is 12.8 Å². The Labute approximate surface area is 75.7 Å². The first-order chi connectivity index (χ1) is 5.83. The lowest BCUT2D eigenvalue weighted by atomic mass is 10.2. The Balaban J connectivity index is 2.50. The van der Waals surface area contributed by atoms with Crippen LogP contribution in [0.4, 0.5) is 0 Å². The van der Waals surface area contributed by atoms with Gasteiger partial charge in [0.05, 0.1) is 11.7 Å². The second-order valence-electron chi connectivity index (χ2n) is 2.75. The molecule has 1 aliphatic rings. The number of pyridine rings is 1. The average molecular weight is 180 g/mol. The largest absolute Gasteiger partial charge is 0.294 e. The number of fused-ring (bicyclic) bond motifs is 1. The number of hydrogen-bond acceptors (Lipinski definition) is 4. The molecule has 1 aliphatic carbocycles. The van der Waals surface area contributed by atoms with Gasteiger partial charge >= 0.3 is 0 Å². The van der Waals surface area contributed by atoms with Crippen molar-refractivity contribution >= 4 is 18.6 Å². The molecule has 3 nitrogen and oxygen atoms in total. The number of hydrogen-bond donors (Lipinski definition) is 2. The SMILES string of the molecule is O=C1CC(NS)c2ncccc21. The Morgan fingerprint density at radius 3 is 3.25 bits per heavy atom. The van der Waals surface area contributed by atoms with Gasteiger partial charge in [-0.2, -0.15) is 0 Å². The lowest BCUT2D eigenvalue weighted by Crippen LogP contribution is -2.08. The van der Waals surface area contributed by atoms with E-state index in [1.54, 1.807) is 18.3 Å². The van der Waals surface area contributed by atoms with Crippen molar-refractivity contribution in [2.24, 2.45) is 0 Å².